The lowest BCUT2D eigenvalue weighted by molar-refractivity contribution is 0.993. The zero-order valence-corrected chi connectivity index (χ0v) is 11.1. The second-order valence-corrected chi connectivity index (χ2v) is 5.09. The fraction of sp³-hybridized carbons (Fsp3) is 0.300. The van der Waals surface area contributed by atoms with Crippen LogP contribution < -0.4 is 11.3 Å². The number of hydrogen-bond donors (Lipinski definition) is 2. The average molecular weight is 270 g/mol. The quantitative estimate of drug-likeness (QED) is 0.661. The molecule has 0 aliphatic rings. The maximum absolute atomic E-state index is 5.84. The zero-order chi connectivity index (χ0) is 12.4. The molecule has 2 rings (SSSR count). The summed E-state index contributed by atoms with van der Waals surface area (Å²) in [6, 6.07) is 0. The van der Waals surface area contributed by atoms with Crippen LogP contribution in [-0.2, 0) is 6.42 Å². The van der Waals surface area contributed by atoms with Crippen molar-refractivity contribution in [1.29, 1.82) is 0 Å². The fourth-order valence-corrected chi connectivity index (χ4v) is 2.44. The van der Waals surface area contributed by atoms with E-state index < -0.39 is 0 Å². The van der Waals surface area contributed by atoms with E-state index in [4.69, 9.17) is 17.4 Å². The van der Waals surface area contributed by atoms with Gasteiger partial charge in [0.15, 0.2) is 10.8 Å². The maximum Gasteiger partial charge on any atom is 0.191 e. The van der Waals surface area contributed by atoms with Gasteiger partial charge in [0.2, 0.25) is 0 Å². The number of anilines is 1. The second kappa shape index (κ2) is 4.95. The lowest BCUT2D eigenvalue weighted by Crippen LogP contribution is -2.13. The molecule has 0 amide bonds. The van der Waals surface area contributed by atoms with Gasteiger partial charge in [-0.3, -0.25) is 0 Å². The van der Waals surface area contributed by atoms with Crippen LogP contribution in [0.5, 0.6) is 0 Å². The van der Waals surface area contributed by atoms with Crippen molar-refractivity contribution in [1.82, 2.24) is 15.0 Å². The summed E-state index contributed by atoms with van der Waals surface area (Å²) in [6.07, 6.45) is 2.41. The van der Waals surface area contributed by atoms with Crippen molar-refractivity contribution in [2.45, 2.75) is 20.3 Å². The Morgan fingerprint density at radius 3 is 2.76 bits per heavy atom. The number of aryl methyl sites for hydroxylation is 1. The molecule has 0 saturated heterocycles. The summed E-state index contributed by atoms with van der Waals surface area (Å²) in [5.41, 5.74) is 4.51. The second-order valence-electron chi connectivity index (χ2n) is 3.43. The van der Waals surface area contributed by atoms with E-state index in [2.05, 4.69) is 20.4 Å². The molecule has 2 aromatic heterocycles. The molecule has 7 heteroatoms. The predicted octanol–water partition coefficient (Wildman–Crippen LogP) is 2.41. The number of nitrogen functional groups attached to an aromatic ring is 1. The predicted molar refractivity (Wildman–Crippen MR) is 70.1 cm³/mol. The van der Waals surface area contributed by atoms with Crippen molar-refractivity contribution in [3.8, 4) is 10.8 Å². The van der Waals surface area contributed by atoms with E-state index >= 15 is 0 Å². The van der Waals surface area contributed by atoms with Crippen LogP contribution in [0.15, 0.2) is 6.20 Å². The van der Waals surface area contributed by atoms with E-state index in [1.807, 2.05) is 13.8 Å². The minimum atomic E-state index is 0.546. The third-order valence-corrected chi connectivity index (χ3v) is 3.48. The number of hydrazine groups is 1. The normalized spacial score (nSPS) is 10.6. The molecule has 0 fully saturated rings. The third-order valence-electron chi connectivity index (χ3n) is 2.37. The molecular formula is C10H12ClN5S. The molecule has 17 heavy (non-hydrogen) atoms. The maximum atomic E-state index is 5.84. The van der Waals surface area contributed by atoms with Crippen molar-refractivity contribution < 1.29 is 0 Å². The minimum absolute atomic E-state index is 0.546. The lowest BCUT2D eigenvalue weighted by atomic mass is 10.1. The third kappa shape index (κ3) is 2.38. The van der Waals surface area contributed by atoms with Gasteiger partial charge in [-0.05, 0) is 13.3 Å². The van der Waals surface area contributed by atoms with Gasteiger partial charge in [-0.25, -0.2) is 20.8 Å². The Kier molecular flexibility index (Phi) is 3.56. The van der Waals surface area contributed by atoms with Crippen LogP contribution in [0.25, 0.3) is 10.8 Å². The monoisotopic (exact) mass is 269 g/mol. The molecule has 5 nitrogen and oxygen atoms in total. The van der Waals surface area contributed by atoms with Crippen LogP contribution >= 0.6 is 22.9 Å². The van der Waals surface area contributed by atoms with E-state index in [0.29, 0.717) is 21.0 Å². The minimum Gasteiger partial charge on any atom is -0.308 e. The summed E-state index contributed by atoms with van der Waals surface area (Å²) in [4.78, 5) is 12.9. The molecule has 0 bridgehead atoms. The molecule has 0 unspecified atom stereocenters. The van der Waals surface area contributed by atoms with Crippen molar-refractivity contribution in [2.24, 2.45) is 5.84 Å². The number of halogens is 1. The lowest BCUT2D eigenvalue weighted by Gasteiger charge is -2.09. The van der Waals surface area contributed by atoms with E-state index in [0.717, 1.165) is 17.7 Å². The molecule has 3 N–H and O–H groups in total. The topological polar surface area (TPSA) is 76.7 Å². The highest BCUT2D eigenvalue weighted by molar-refractivity contribution is 7.18. The standard InChI is InChI=1S/C10H12ClN5S/c1-3-6-5(2)14-9(15-8(6)16-12)10-13-4-7(11)17-10/h4H,3,12H2,1-2H3,(H,14,15,16). The summed E-state index contributed by atoms with van der Waals surface area (Å²) < 4.78 is 0.614. The highest BCUT2D eigenvalue weighted by atomic mass is 35.5. The number of thiazole rings is 1. The van der Waals surface area contributed by atoms with Crippen LogP contribution in [0.2, 0.25) is 4.34 Å². The number of nitrogens with zero attached hydrogens (tertiary/aromatic N) is 3. The van der Waals surface area contributed by atoms with Gasteiger partial charge >= 0.3 is 0 Å². The van der Waals surface area contributed by atoms with Gasteiger partial charge in [-0.15, -0.1) is 0 Å². The van der Waals surface area contributed by atoms with Gasteiger partial charge in [0.1, 0.15) is 10.2 Å². The van der Waals surface area contributed by atoms with E-state index in [1.54, 1.807) is 6.20 Å². The number of nitrogens with one attached hydrogen (secondary N) is 1. The molecule has 0 atom stereocenters. The number of nitrogens with two attached hydrogens (primary N) is 1. The Morgan fingerprint density at radius 2 is 2.24 bits per heavy atom. The SMILES string of the molecule is CCc1c(C)nc(-c2ncc(Cl)s2)nc1NN. The van der Waals surface area contributed by atoms with Crippen LogP contribution in [0.3, 0.4) is 0 Å². The number of rotatable bonds is 3. The Hall–Kier alpha value is -1.24. The molecule has 2 heterocycles. The molecule has 0 spiro atoms. The van der Waals surface area contributed by atoms with Crippen LogP contribution in [-0.4, -0.2) is 15.0 Å². The highest BCUT2D eigenvalue weighted by Gasteiger charge is 2.13. The zero-order valence-electron chi connectivity index (χ0n) is 9.49. The van der Waals surface area contributed by atoms with Crippen LogP contribution in [0.4, 0.5) is 5.82 Å². The molecular weight excluding hydrogens is 258 g/mol. The number of aromatic nitrogens is 3. The average Bonchev–Trinajstić information content (AvgIpc) is 2.74. The Morgan fingerprint density at radius 1 is 1.47 bits per heavy atom. The largest absolute Gasteiger partial charge is 0.308 e. The van der Waals surface area contributed by atoms with E-state index in [1.165, 1.54) is 11.3 Å². The molecule has 90 valence electrons. The molecule has 0 aliphatic heterocycles. The van der Waals surface area contributed by atoms with Gasteiger partial charge < -0.3 is 5.43 Å². The number of hydrogen-bond acceptors (Lipinski definition) is 6. The van der Waals surface area contributed by atoms with Gasteiger partial charge in [0, 0.05) is 11.3 Å². The summed E-state index contributed by atoms with van der Waals surface area (Å²) in [6.45, 7) is 3.96. The van der Waals surface area contributed by atoms with Crippen molar-refractivity contribution in [3.05, 3.63) is 21.8 Å². The Balaban J connectivity index is 2.53. The molecule has 0 aliphatic carbocycles. The fourth-order valence-electron chi connectivity index (χ4n) is 1.59. The Labute approximate surface area is 108 Å². The smallest absolute Gasteiger partial charge is 0.191 e. The van der Waals surface area contributed by atoms with Crippen molar-refractivity contribution >= 4 is 28.8 Å². The Bertz CT molecular complexity index is 539. The van der Waals surface area contributed by atoms with Crippen LogP contribution in [0, 0.1) is 6.92 Å². The highest BCUT2D eigenvalue weighted by Crippen LogP contribution is 2.28. The van der Waals surface area contributed by atoms with Crippen molar-refractivity contribution in [3.63, 3.8) is 0 Å². The first kappa shape index (κ1) is 12.2. The van der Waals surface area contributed by atoms with Gasteiger partial charge in [-0.1, -0.05) is 29.9 Å². The molecule has 2 aromatic rings. The molecule has 0 saturated carbocycles. The first-order chi connectivity index (χ1) is 8.15. The summed E-state index contributed by atoms with van der Waals surface area (Å²) in [5, 5.41) is 0.692. The van der Waals surface area contributed by atoms with Crippen LogP contribution in [0.1, 0.15) is 18.2 Å². The summed E-state index contributed by atoms with van der Waals surface area (Å²) in [5.74, 6) is 6.65. The first-order valence-corrected chi connectivity index (χ1v) is 6.31. The first-order valence-electron chi connectivity index (χ1n) is 5.11. The van der Waals surface area contributed by atoms with Gasteiger partial charge in [0.05, 0.1) is 6.20 Å². The van der Waals surface area contributed by atoms with Crippen molar-refractivity contribution in [2.75, 3.05) is 5.43 Å². The van der Waals surface area contributed by atoms with Gasteiger partial charge in [0.25, 0.3) is 0 Å². The van der Waals surface area contributed by atoms with Gasteiger partial charge in [-0.2, -0.15) is 0 Å². The van der Waals surface area contributed by atoms with E-state index in [9.17, 15) is 0 Å². The summed E-state index contributed by atoms with van der Waals surface area (Å²) in [7, 11) is 0. The summed E-state index contributed by atoms with van der Waals surface area (Å²) >= 11 is 7.19. The van der Waals surface area contributed by atoms with E-state index in [-0.39, 0.29) is 0 Å². The molecule has 0 aromatic carbocycles. The molecule has 0 radical (unpaired) electrons.